The van der Waals surface area contributed by atoms with E-state index >= 15 is 0 Å². The zero-order chi connectivity index (χ0) is 15.4. The number of rotatable bonds is 11. The van der Waals surface area contributed by atoms with Crippen LogP contribution in [0.3, 0.4) is 0 Å². The van der Waals surface area contributed by atoms with Gasteiger partial charge in [-0.15, -0.1) is 0 Å². The molecule has 0 aromatic carbocycles. The van der Waals surface area contributed by atoms with Crippen molar-refractivity contribution in [1.29, 1.82) is 0 Å². The molecule has 0 aromatic heterocycles. The molecule has 0 fully saturated rings. The Bertz CT molecular complexity index is 302. The zero-order valence-electron chi connectivity index (χ0n) is 14.4. The van der Waals surface area contributed by atoms with Gasteiger partial charge in [-0.05, 0) is 53.1 Å². The van der Waals surface area contributed by atoms with Gasteiger partial charge in [0.2, 0.25) is 0 Å². The van der Waals surface area contributed by atoms with Crippen LogP contribution in [0.5, 0.6) is 0 Å². The summed E-state index contributed by atoms with van der Waals surface area (Å²) in [6, 6.07) is 0. The number of unbranched alkanes of at least 4 members (excludes halogenated alkanes) is 2. The fourth-order valence-corrected chi connectivity index (χ4v) is 2.99. The van der Waals surface area contributed by atoms with E-state index in [1.807, 2.05) is 0 Å². The van der Waals surface area contributed by atoms with Crippen LogP contribution in [0.1, 0.15) is 59.8 Å². The molecule has 0 aliphatic heterocycles. The molecule has 20 heavy (non-hydrogen) atoms. The van der Waals surface area contributed by atoms with Crippen molar-refractivity contribution in [3.63, 3.8) is 0 Å². The number of hydrogen-bond acceptors (Lipinski definition) is 2. The standard InChI is InChI=1S/C17H34O2Si/c1-7-8-9-14-18-20(5,6)19-15-13-17(4)12-10-11-16(2)3/h11,13H,7-10,12,14-15H2,1-6H3/b17-13+. The molecule has 0 atom stereocenters. The Morgan fingerprint density at radius 1 is 1.00 bits per heavy atom. The highest BCUT2D eigenvalue weighted by atomic mass is 28.4. The van der Waals surface area contributed by atoms with Crippen LogP contribution in [-0.2, 0) is 8.85 Å². The largest absolute Gasteiger partial charge is 0.395 e. The maximum atomic E-state index is 5.93. The van der Waals surface area contributed by atoms with Crippen molar-refractivity contribution in [1.82, 2.24) is 0 Å². The van der Waals surface area contributed by atoms with Crippen molar-refractivity contribution in [2.45, 2.75) is 72.9 Å². The molecular weight excluding hydrogens is 264 g/mol. The minimum atomic E-state index is -1.93. The van der Waals surface area contributed by atoms with Gasteiger partial charge in [0, 0.05) is 6.61 Å². The average molecular weight is 299 g/mol. The first-order valence-electron chi connectivity index (χ1n) is 7.94. The fraction of sp³-hybridized carbons (Fsp3) is 0.765. The lowest BCUT2D eigenvalue weighted by molar-refractivity contribution is 0.191. The van der Waals surface area contributed by atoms with Gasteiger partial charge in [0.25, 0.3) is 0 Å². The first-order valence-corrected chi connectivity index (χ1v) is 10.8. The molecule has 0 heterocycles. The molecule has 0 N–H and O–H groups in total. The Balaban J connectivity index is 3.85. The molecular formula is C17H34O2Si. The fourth-order valence-electron chi connectivity index (χ4n) is 1.79. The molecule has 0 saturated carbocycles. The summed E-state index contributed by atoms with van der Waals surface area (Å²) in [5, 5.41) is 0. The molecule has 0 aliphatic rings. The molecule has 0 radical (unpaired) electrons. The van der Waals surface area contributed by atoms with Crippen molar-refractivity contribution in [2.24, 2.45) is 0 Å². The minimum absolute atomic E-state index is 0.688. The Hall–Kier alpha value is -0.383. The second-order valence-corrected chi connectivity index (χ2v) is 9.51. The minimum Gasteiger partial charge on any atom is -0.395 e. The normalized spacial score (nSPS) is 12.6. The summed E-state index contributed by atoms with van der Waals surface area (Å²) < 4.78 is 11.8. The molecule has 118 valence electrons. The maximum Gasteiger partial charge on any atom is 0.331 e. The van der Waals surface area contributed by atoms with Gasteiger partial charge in [0.05, 0.1) is 6.61 Å². The molecule has 0 unspecified atom stereocenters. The molecule has 0 spiro atoms. The summed E-state index contributed by atoms with van der Waals surface area (Å²) in [5.41, 5.74) is 2.79. The lowest BCUT2D eigenvalue weighted by Gasteiger charge is -2.22. The van der Waals surface area contributed by atoms with Crippen LogP contribution in [0.4, 0.5) is 0 Å². The van der Waals surface area contributed by atoms with Gasteiger partial charge in [-0.1, -0.05) is 43.1 Å². The zero-order valence-corrected chi connectivity index (χ0v) is 15.4. The Morgan fingerprint density at radius 2 is 1.70 bits per heavy atom. The predicted octanol–water partition coefficient (Wildman–Crippen LogP) is 5.60. The monoisotopic (exact) mass is 298 g/mol. The topological polar surface area (TPSA) is 18.5 Å². The highest BCUT2D eigenvalue weighted by molar-refractivity contribution is 6.64. The third-order valence-corrected chi connectivity index (χ3v) is 4.91. The molecule has 0 aliphatic carbocycles. The molecule has 0 amide bonds. The van der Waals surface area contributed by atoms with E-state index in [1.54, 1.807) is 0 Å². The first kappa shape index (κ1) is 19.6. The first-order chi connectivity index (χ1) is 9.37. The highest BCUT2D eigenvalue weighted by Gasteiger charge is 2.23. The van der Waals surface area contributed by atoms with Gasteiger partial charge in [-0.2, -0.15) is 0 Å². The lowest BCUT2D eigenvalue weighted by atomic mass is 10.1. The van der Waals surface area contributed by atoms with E-state index in [0.717, 1.165) is 25.9 Å². The Kier molecular flexibility index (Phi) is 11.1. The summed E-state index contributed by atoms with van der Waals surface area (Å²) in [6.07, 6.45) is 10.4. The molecule has 0 saturated heterocycles. The third kappa shape index (κ3) is 12.6. The Labute approximate surface area is 127 Å². The van der Waals surface area contributed by atoms with E-state index in [0.29, 0.717) is 6.61 Å². The van der Waals surface area contributed by atoms with Crippen molar-refractivity contribution in [2.75, 3.05) is 13.2 Å². The van der Waals surface area contributed by atoms with E-state index in [1.165, 1.54) is 24.0 Å². The molecule has 0 bridgehead atoms. The van der Waals surface area contributed by atoms with Gasteiger partial charge in [0.15, 0.2) is 0 Å². The molecule has 0 aromatic rings. The third-order valence-electron chi connectivity index (χ3n) is 3.15. The quantitative estimate of drug-likeness (QED) is 0.281. The van der Waals surface area contributed by atoms with E-state index in [9.17, 15) is 0 Å². The lowest BCUT2D eigenvalue weighted by Crippen LogP contribution is -2.35. The van der Waals surface area contributed by atoms with Gasteiger partial charge in [-0.3, -0.25) is 0 Å². The maximum absolute atomic E-state index is 5.93. The van der Waals surface area contributed by atoms with Crippen molar-refractivity contribution in [3.8, 4) is 0 Å². The summed E-state index contributed by atoms with van der Waals surface area (Å²) >= 11 is 0. The second-order valence-electron chi connectivity index (χ2n) is 6.14. The van der Waals surface area contributed by atoms with Crippen LogP contribution >= 0.6 is 0 Å². The highest BCUT2D eigenvalue weighted by Crippen LogP contribution is 2.10. The van der Waals surface area contributed by atoms with Crippen molar-refractivity contribution < 1.29 is 8.85 Å². The Morgan fingerprint density at radius 3 is 2.30 bits per heavy atom. The molecule has 0 rings (SSSR count). The smallest absolute Gasteiger partial charge is 0.331 e. The summed E-state index contributed by atoms with van der Waals surface area (Å²) in [5.74, 6) is 0. The van der Waals surface area contributed by atoms with Crippen LogP contribution in [0, 0.1) is 0 Å². The van der Waals surface area contributed by atoms with Crippen molar-refractivity contribution in [3.05, 3.63) is 23.3 Å². The van der Waals surface area contributed by atoms with Crippen LogP contribution in [0.15, 0.2) is 23.3 Å². The van der Waals surface area contributed by atoms with Gasteiger partial charge in [-0.25, -0.2) is 0 Å². The van der Waals surface area contributed by atoms with Crippen LogP contribution in [0.2, 0.25) is 13.1 Å². The summed E-state index contributed by atoms with van der Waals surface area (Å²) in [7, 11) is -1.93. The van der Waals surface area contributed by atoms with E-state index in [-0.39, 0.29) is 0 Å². The summed E-state index contributed by atoms with van der Waals surface area (Å²) in [6.45, 7) is 14.5. The van der Waals surface area contributed by atoms with Gasteiger partial charge < -0.3 is 8.85 Å². The van der Waals surface area contributed by atoms with Gasteiger partial charge in [0.1, 0.15) is 0 Å². The van der Waals surface area contributed by atoms with E-state index in [4.69, 9.17) is 8.85 Å². The van der Waals surface area contributed by atoms with Crippen LogP contribution in [-0.4, -0.2) is 21.8 Å². The SMILES string of the molecule is CCCCCO[Si](C)(C)OC/C=C(\C)CCC=C(C)C. The number of allylic oxidation sites excluding steroid dienone is 3. The van der Waals surface area contributed by atoms with Crippen LogP contribution < -0.4 is 0 Å². The van der Waals surface area contributed by atoms with Crippen molar-refractivity contribution >= 4 is 8.56 Å². The molecule has 3 heteroatoms. The van der Waals surface area contributed by atoms with E-state index in [2.05, 4.69) is 52.9 Å². The second kappa shape index (κ2) is 11.3. The van der Waals surface area contributed by atoms with Crippen LogP contribution in [0.25, 0.3) is 0 Å². The summed E-state index contributed by atoms with van der Waals surface area (Å²) in [4.78, 5) is 0. The van der Waals surface area contributed by atoms with Gasteiger partial charge >= 0.3 is 8.56 Å². The number of hydrogen-bond donors (Lipinski definition) is 0. The average Bonchev–Trinajstić information content (AvgIpc) is 2.34. The predicted molar refractivity (Wildman–Crippen MR) is 91.3 cm³/mol. The van der Waals surface area contributed by atoms with E-state index < -0.39 is 8.56 Å². The molecule has 2 nitrogen and oxygen atoms in total.